The molecule has 0 fully saturated rings. The molecule has 1 amide bonds. The predicted molar refractivity (Wildman–Crippen MR) is 52.1 cm³/mol. The Morgan fingerprint density at radius 2 is 2.08 bits per heavy atom. The molecular weight excluding hydrogens is 168 g/mol. The molecule has 0 spiro atoms. The van der Waals surface area contributed by atoms with Gasteiger partial charge in [0, 0.05) is 20.7 Å². The number of nitrogens with zero attached hydrogens (tertiary/aromatic N) is 1. The Hall–Kier alpha value is -0.610. The molecule has 0 aromatic heterocycles. The van der Waals surface area contributed by atoms with Crippen LogP contribution in [0.4, 0.5) is 0 Å². The van der Waals surface area contributed by atoms with Crippen molar-refractivity contribution in [3.05, 3.63) is 0 Å². The number of hydrazine groups is 1. The first kappa shape index (κ1) is 12.4. The standard InChI is InChI=1S/C9H20N2O2/c1-8(2)5-6-13-7-9(12)10-11(3)4/h8H,5-7H2,1-4H3,(H,10,12). The van der Waals surface area contributed by atoms with Crippen molar-refractivity contribution in [2.75, 3.05) is 27.3 Å². The zero-order valence-corrected chi connectivity index (χ0v) is 8.96. The van der Waals surface area contributed by atoms with Gasteiger partial charge < -0.3 is 4.74 Å². The number of carbonyl (C=O) groups is 1. The van der Waals surface area contributed by atoms with E-state index in [4.69, 9.17) is 4.74 Å². The van der Waals surface area contributed by atoms with Gasteiger partial charge in [0.15, 0.2) is 0 Å². The van der Waals surface area contributed by atoms with E-state index in [1.54, 1.807) is 19.1 Å². The number of hydrogen-bond acceptors (Lipinski definition) is 3. The number of ether oxygens (including phenoxy) is 1. The average molecular weight is 188 g/mol. The lowest BCUT2D eigenvalue weighted by Crippen LogP contribution is -2.38. The van der Waals surface area contributed by atoms with Gasteiger partial charge in [0.25, 0.3) is 5.91 Å². The normalized spacial score (nSPS) is 10.9. The second kappa shape index (κ2) is 6.86. The molecule has 0 rings (SSSR count). The van der Waals surface area contributed by atoms with Gasteiger partial charge in [-0.15, -0.1) is 0 Å². The first-order valence-corrected chi connectivity index (χ1v) is 4.57. The lowest BCUT2D eigenvalue weighted by Gasteiger charge is -2.12. The van der Waals surface area contributed by atoms with Crippen LogP contribution in [0.1, 0.15) is 20.3 Å². The fourth-order valence-electron chi connectivity index (χ4n) is 0.766. The van der Waals surface area contributed by atoms with Gasteiger partial charge in [-0.25, -0.2) is 5.01 Å². The molecule has 0 aliphatic heterocycles. The first-order valence-electron chi connectivity index (χ1n) is 4.57. The third-order valence-electron chi connectivity index (χ3n) is 1.42. The number of amides is 1. The maximum absolute atomic E-state index is 11.0. The van der Waals surface area contributed by atoms with E-state index < -0.39 is 0 Å². The topological polar surface area (TPSA) is 41.6 Å². The van der Waals surface area contributed by atoms with Crippen molar-refractivity contribution in [3.8, 4) is 0 Å². The smallest absolute Gasteiger partial charge is 0.260 e. The van der Waals surface area contributed by atoms with Crippen LogP contribution in [-0.2, 0) is 9.53 Å². The highest BCUT2D eigenvalue weighted by molar-refractivity contribution is 5.76. The number of carbonyl (C=O) groups excluding carboxylic acids is 1. The lowest BCUT2D eigenvalue weighted by molar-refractivity contribution is -0.129. The summed E-state index contributed by atoms with van der Waals surface area (Å²) in [7, 11) is 3.54. The van der Waals surface area contributed by atoms with Crippen LogP contribution < -0.4 is 5.43 Å². The monoisotopic (exact) mass is 188 g/mol. The van der Waals surface area contributed by atoms with Crippen molar-refractivity contribution >= 4 is 5.91 Å². The van der Waals surface area contributed by atoms with Crippen LogP contribution in [0.3, 0.4) is 0 Å². The average Bonchev–Trinajstić information content (AvgIpc) is 1.96. The van der Waals surface area contributed by atoms with Crippen molar-refractivity contribution in [1.82, 2.24) is 10.4 Å². The number of nitrogens with one attached hydrogen (secondary N) is 1. The summed E-state index contributed by atoms with van der Waals surface area (Å²) in [5.74, 6) is 0.519. The largest absolute Gasteiger partial charge is 0.372 e. The number of hydrogen-bond donors (Lipinski definition) is 1. The Morgan fingerprint density at radius 1 is 1.46 bits per heavy atom. The summed E-state index contributed by atoms with van der Waals surface area (Å²) >= 11 is 0. The first-order chi connectivity index (χ1) is 6.02. The van der Waals surface area contributed by atoms with Crippen LogP contribution in [0, 0.1) is 5.92 Å². The molecule has 0 aliphatic rings. The summed E-state index contributed by atoms with van der Waals surface area (Å²) in [6.45, 7) is 5.05. The molecule has 0 aromatic carbocycles. The van der Waals surface area contributed by atoms with E-state index in [0.717, 1.165) is 6.42 Å². The lowest BCUT2D eigenvalue weighted by atomic mass is 10.1. The molecule has 0 radical (unpaired) electrons. The van der Waals surface area contributed by atoms with E-state index in [9.17, 15) is 4.79 Å². The second-order valence-electron chi connectivity index (χ2n) is 3.66. The fraction of sp³-hybridized carbons (Fsp3) is 0.889. The van der Waals surface area contributed by atoms with Crippen molar-refractivity contribution < 1.29 is 9.53 Å². The Balaban J connectivity index is 3.27. The minimum Gasteiger partial charge on any atom is -0.372 e. The SMILES string of the molecule is CC(C)CCOCC(=O)NN(C)C. The maximum atomic E-state index is 11.0. The molecule has 0 saturated carbocycles. The van der Waals surface area contributed by atoms with E-state index in [0.29, 0.717) is 12.5 Å². The van der Waals surface area contributed by atoms with E-state index in [2.05, 4.69) is 19.3 Å². The van der Waals surface area contributed by atoms with Crippen molar-refractivity contribution in [2.24, 2.45) is 5.92 Å². The Kier molecular flexibility index (Phi) is 6.54. The van der Waals surface area contributed by atoms with E-state index >= 15 is 0 Å². The molecule has 0 unspecified atom stereocenters. The van der Waals surface area contributed by atoms with E-state index in [1.807, 2.05) is 0 Å². The Labute approximate surface area is 80.2 Å². The van der Waals surface area contributed by atoms with Crippen LogP contribution in [-0.4, -0.2) is 38.2 Å². The molecule has 1 N–H and O–H groups in total. The molecule has 0 aliphatic carbocycles. The summed E-state index contributed by atoms with van der Waals surface area (Å²) in [5, 5.41) is 1.61. The highest BCUT2D eigenvalue weighted by Crippen LogP contribution is 1.98. The molecule has 0 aromatic rings. The summed E-state index contributed by atoms with van der Waals surface area (Å²) in [4.78, 5) is 11.0. The quantitative estimate of drug-likeness (QED) is 0.491. The van der Waals surface area contributed by atoms with Crippen molar-refractivity contribution in [2.45, 2.75) is 20.3 Å². The Bertz CT molecular complexity index is 147. The van der Waals surface area contributed by atoms with Gasteiger partial charge in [-0.3, -0.25) is 10.2 Å². The van der Waals surface area contributed by atoms with Crippen LogP contribution >= 0.6 is 0 Å². The molecule has 78 valence electrons. The second-order valence-corrected chi connectivity index (χ2v) is 3.66. The Morgan fingerprint density at radius 3 is 2.54 bits per heavy atom. The van der Waals surface area contributed by atoms with Gasteiger partial charge in [0.05, 0.1) is 0 Å². The highest BCUT2D eigenvalue weighted by Gasteiger charge is 2.01. The summed E-state index contributed by atoms with van der Waals surface area (Å²) in [6, 6.07) is 0. The molecule has 13 heavy (non-hydrogen) atoms. The highest BCUT2D eigenvalue weighted by atomic mass is 16.5. The molecular formula is C9H20N2O2. The third kappa shape index (κ3) is 9.30. The van der Waals surface area contributed by atoms with Gasteiger partial charge in [0.2, 0.25) is 0 Å². The zero-order chi connectivity index (χ0) is 10.3. The minimum atomic E-state index is -0.103. The van der Waals surface area contributed by atoms with Crippen LogP contribution in [0.2, 0.25) is 0 Å². The van der Waals surface area contributed by atoms with Crippen molar-refractivity contribution in [3.63, 3.8) is 0 Å². The van der Waals surface area contributed by atoms with Gasteiger partial charge in [-0.1, -0.05) is 13.8 Å². The minimum absolute atomic E-state index is 0.103. The van der Waals surface area contributed by atoms with Crippen LogP contribution in [0.25, 0.3) is 0 Å². The third-order valence-corrected chi connectivity index (χ3v) is 1.42. The summed E-state index contributed by atoms with van der Waals surface area (Å²) < 4.78 is 5.17. The van der Waals surface area contributed by atoms with E-state index in [1.165, 1.54) is 0 Å². The van der Waals surface area contributed by atoms with Gasteiger partial charge in [-0.05, 0) is 12.3 Å². The molecule has 0 atom stereocenters. The van der Waals surface area contributed by atoms with E-state index in [-0.39, 0.29) is 12.5 Å². The van der Waals surface area contributed by atoms with Gasteiger partial charge in [0.1, 0.15) is 6.61 Å². The summed E-state index contributed by atoms with van der Waals surface area (Å²) in [6.07, 6.45) is 0.995. The van der Waals surface area contributed by atoms with Gasteiger partial charge >= 0.3 is 0 Å². The number of rotatable bonds is 6. The molecule has 0 bridgehead atoms. The van der Waals surface area contributed by atoms with Crippen LogP contribution in [0.5, 0.6) is 0 Å². The summed E-state index contributed by atoms with van der Waals surface area (Å²) in [5.41, 5.74) is 2.60. The van der Waals surface area contributed by atoms with Crippen LogP contribution in [0.15, 0.2) is 0 Å². The molecule has 0 heterocycles. The fourth-order valence-corrected chi connectivity index (χ4v) is 0.766. The van der Waals surface area contributed by atoms with Gasteiger partial charge in [-0.2, -0.15) is 0 Å². The zero-order valence-electron chi connectivity index (χ0n) is 8.96. The molecule has 4 nitrogen and oxygen atoms in total. The molecule has 0 saturated heterocycles. The maximum Gasteiger partial charge on any atom is 0.260 e. The molecule has 4 heteroatoms. The van der Waals surface area contributed by atoms with Crippen molar-refractivity contribution in [1.29, 1.82) is 0 Å². The predicted octanol–water partition coefficient (Wildman–Crippen LogP) is 0.642.